The van der Waals surface area contributed by atoms with E-state index in [-0.39, 0.29) is 18.1 Å². The SMILES string of the molecule is C[C@H]1CN(CCNC(=O)c2ccc(-c3ccc(Cl)cc3)o2)C[C@H](C)O1. The van der Waals surface area contributed by atoms with Crippen molar-refractivity contribution in [3.05, 3.63) is 47.2 Å². The fraction of sp³-hybridized carbons (Fsp3) is 0.421. The molecular weight excluding hydrogens is 340 g/mol. The molecule has 0 bridgehead atoms. The van der Waals surface area contributed by atoms with Crippen LogP contribution in [-0.2, 0) is 4.74 Å². The molecule has 25 heavy (non-hydrogen) atoms. The first-order valence-corrected chi connectivity index (χ1v) is 8.91. The van der Waals surface area contributed by atoms with Crippen LogP contribution in [0.1, 0.15) is 24.4 Å². The highest BCUT2D eigenvalue weighted by Crippen LogP contribution is 2.23. The van der Waals surface area contributed by atoms with Crippen LogP contribution in [0.4, 0.5) is 0 Å². The zero-order valence-electron chi connectivity index (χ0n) is 14.5. The van der Waals surface area contributed by atoms with Crippen molar-refractivity contribution in [2.24, 2.45) is 0 Å². The first-order valence-electron chi connectivity index (χ1n) is 8.53. The Morgan fingerprint density at radius 1 is 1.16 bits per heavy atom. The van der Waals surface area contributed by atoms with Crippen molar-refractivity contribution in [1.29, 1.82) is 0 Å². The highest BCUT2D eigenvalue weighted by Gasteiger charge is 2.22. The molecule has 1 N–H and O–H groups in total. The van der Waals surface area contributed by atoms with Crippen molar-refractivity contribution < 1.29 is 13.9 Å². The number of nitrogens with one attached hydrogen (secondary N) is 1. The summed E-state index contributed by atoms with van der Waals surface area (Å²) in [4.78, 5) is 14.6. The molecule has 2 atom stereocenters. The predicted molar refractivity (Wildman–Crippen MR) is 97.9 cm³/mol. The van der Waals surface area contributed by atoms with Gasteiger partial charge in [0.25, 0.3) is 5.91 Å². The van der Waals surface area contributed by atoms with Crippen LogP contribution in [0.3, 0.4) is 0 Å². The smallest absolute Gasteiger partial charge is 0.287 e. The Labute approximate surface area is 152 Å². The normalized spacial score (nSPS) is 21.2. The summed E-state index contributed by atoms with van der Waals surface area (Å²) in [6, 6.07) is 10.8. The molecule has 2 heterocycles. The number of nitrogens with zero attached hydrogens (tertiary/aromatic N) is 1. The summed E-state index contributed by atoms with van der Waals surface area (Å²) >= 11 is 5.89. The molecule has 1 amide bonds. The zero-order chi connectivity index (χ0) is 17.8. The molecular formula is C19H23ClN2O3. The fourth-order valence-corrected chi connectivity index (χ4v) is 3.24. The molecule has 0 unspecified atom stereocenters. The molecule has 5 nitrogen and oxygen atoms in total. The lowest BCUT2D eigenvalue weighted by Gasteiger charge is -2.35. The second-order valence-corrected chi connectivity index (χ2v) is 6.88. The van der Waals surface area contributed by atoms with E-state index in [9.17, 15) is 4.79 Å². The second kappa shape index (κ2) is 8.04. The first-order chi connectivity index (χ1) is 12.0. The maximum absolute atomic E-state index is 12.2. The van der Waals surface area contributed by atoms with E-state index >= 15 is 0 Å². The third kappa shape index (κ3) is 4.84. The van der Waals surface area contributed by atoms with Gasteiger partial charge in [0.05, 0.1) is 12.2 Å². The molecule has 1 aromatic carbocycles. The lowest BCUT2D eigenvalue weighted by molar-refractivity contribution is -0.0672. The summed E-state index contributed by atoms with van der Waals surface area (Å²) in [5.74, 6) is 0.765. The van der Waals surface area contributed by atoms with Gasteiger partial charge in [-0.3, -0.25) is 9.69 Å². The molecule has 0 saturated carbocycles. The summed E-state index contributed by atoms with van der Waals surface area (Å²) in [6.07, 6.45) is 0.456. The average molecular weight is 363 g/mol. The molecule has 1 fully saturated rings. The molecule has 1 saturated heterocycles. The van der Waals surface area contributed by atoms with Gasteiger partial charge < -0.3 is 14.5 Å². The van der Waals surface area contributed by atoms with Crippen LogP contribution in [0.2, 0.25) is 5.02 Å². The topological polar surface area (TPSA) is 54.7 Å². The number of rotatable bonds is 5. The molecule has 0 spiro atoms. The number of hydrogen-bond acceptors (Lipinski definition) is 4. The van der Waals surface area contributed by atoms with Gasteiger partial charge in [-0.2, -0.15) is 0 Å². The molecule has 1 aromatic heterocycles. The van der Waals surface area contributed by atoms with Crippen LogP contribution >= 0.6 is 11.6 Å². The summed E-state index contributed by atoms with van der Waals surface area (Å²) in [5.41, 5.74) is 0.889. The van der Waals surface area contributed by atoms with Crippen molar-refractivity contribution in [3.63, 3.8) is 0 Å². The number of hydrogen-bond donors (Lipinski definition) is 1. The molecule has 1 aliphatic rings. The van der Waals surface area contributed by atoms with Crippen molar-refractivity contribution in [2.75, 3.05) is 26.2 Å². The number of benzene rings is 1. The van der Waals surface area contributed by atoms with Crippen molar-refractivity contribution in [1.82, 2.24) is 10.2 Å². The van der Waals surface area contributed by atoms with Gasteiger partial charge in [-0.25, -0.2) is 0 Å². The van der Waals surface area contributed by atoms with Gasteiger partial charge in [0.2, 0.25) is 0 Å². The number of morpholine rings is 1. The average Bonchev–Trinajstić information content (AvgIpc) is 3.04. The van der Waals surface area contributed by atoms with Gasteiger partial charge in [-0.05, 0) is 50.2 Å². The van der Waals surface area contributed by atoms with Crippen molar-refractivity contribution in [3.8, 4) is 11.3 Å². The standard InChI is InChI=1S/C19H23ClN2O3/c1-13-11-22(12-14(2)24-13)10-9-21-19(23)18-8-7-17(25-18)15-3-5-16(20)6-4-15/h3-8,13-14H,9-12H2,1-2H3,(H,21,23)/t13-,14-/m0/s1. The van der Waals surface area contributed by atoms with Gasteiger partial charge in [0.1, 0.15) is 5.76 Å². The molecule has 0 aliphatic carbocycles. The van der Waals surface area contributed by atoms with E-state index in [1.54, 1.807) is 24.3 Å². The Bertz CT molecular complexity index is 704. The van der Waals surface area contributed by atoms with Gasteiger partial charge in [0, 0.05) is 36.8 Å². The maximum atomic E-state index is 12.2. The lowest BCUT2D eigenvalue weighted by atomic mass is 10.2. The zero-order valence-corrected chi connectivity index (χ0v) is 15.3. The molecule has 3 rings (SSSR count). The monoisotopic (exact) mass is 362 g/mol. The van der Waals surface area contributed by atoms with E-state index in [1.807, 2.05) is 12.1 Å². The van der Waals surface area contributed by atoms with Crippen LogP contribution in [0.15, 0.2) is 40.8 Å². The molecule has 1 aliphatic heterocycles. The minimum Gasteiger partial charge on any atom is -0.451 e. The van der Waals surface area contributed by atoms with Crippen LogP contribution < -0.4 is 5.32 Å². The fourth-order valence-electron chi connectivity index (χ4n) is 3.11. The Hall–Kier alpha value is -1.82. The third-order valence-electron chi connectivity index (χ3n) is 4.17. The minimum absolute atomic E-state index is 0.199. The number of amides is 1. The van der Waals surface area contributed by atoms with Crippen LogP contribution in [0, 0.1) is 0 Å². The van der Waals surface area contributed by atoms with Gasteiger partial charge in [0.15, 0.2) is 5.76 Å². The number of carbonyl (C=O) groups is 1. The van der Waals surface area contributed by atoms with Gasteiger partial charge in [-0.1, -0.05) is 11.6 Å². The van der Waals surface area contributed by atoms with E-state index < -0.39 is 0 Å². The highest BCUT2D eigenvalue weighted by molar-refractivity contribution is 6.30. The molecule has 0 radical (unpaired) electrons. The Balaban J connectivity index is 1.51. The lowest BCUT2D eigenvalue weighted by Crippen LogP contribution is -2.47. The van der Waals surface area contributed by atoms with Gasteiger partial charge >= 0.3 is 0 Å². The van der Waals surface area contributed by atoms with Crippen molar-refractivity contribution >= 4 is 17.5 Å². The van der Waals surface area contributed by atoms with E-state index in [1.165, 1.54) is 0 Å². The Kier molecular flexibility index (Phi) is 5.78. The van der Waals surface area contributed by atoms with E-state index in [0.29, 0.717) is 23.1 Å². The summed E-state index contributed by atoms with van der Waals surface area (Å²) < 4.78 is 11.4. The third-order valence-corrected chi connectivity index (χ3v) is 4.42. The second-order valence-electron chi connectivity index (χ2n) is 6.44. The van der Waals surface area contributed by atoms with Crippen LogP contribution in [-0.4, -0.2) is 49.2 Å². The summed E-state index contributed by atoms with van der Waals surface area (Å²) in [5, 5.41) is 3.58. The Morgan fingerprint density at radius 3 is 2.52 bits per heavy atom. The Morgan fingerprint density at radius 2 is 1.84 bits per heavy atom. The molecule has 2 aromatic rings. The van der Waals surface area contributed by atoms with Gasteiger partial charge in [-0.15, -0.1) is 0 Å². The van der Waals surface area contributed by atoms with Crippen LogP contribution in [0.5, 0.6) is 0 Å². The number of ether oxygens (including phenoxy) is 1. The molecule has 134 valence electrons. The van der Waals surface area contributed by atoms with Crippen LogP contribution in [0.25, 0.3) is 11.3 Å². The highest BCUT2D eigenvalue weighted by atomic mass is 35.5. The van der Waals surface area contributed by atoms with E-state index in [0.717, 1.165) is 25.2 Å². The van der Waals surface area contributed by atoms with E-state index in [2.05, 4.69) is 24.1 Å². The van der Waals surface area contributed by atoms with Crippen molar-refractivity contribution in [2.45, 2.75) is 26.1 Å². The summed E-state index contributed by atoms with van der Waals surface area (Å²) in [7, 11) is 0. The number of furan rings is 1. The van der Waals surface area contributed by atoms with E-state index in [4.69, 9.17) is 20.8 Å². The quantitative estimate of drug-likeness (QED) is 0.885. The molecule has 6 heteroatoms. The largest absolute Gasteiger partial charge is 0.451 e. The number of carbonyl (C=O) groups excluding carboxylic acids is 1. The first kappa shape index (κ1) is 18.0. The minimum atomic E-state index is -0.199. The maximum Gasteiger partial charge on any atom is 0.287 e. The summed E-state index contributed by atoms with van der Waals surface area (Å²) in [6.45, 7) is 7.30. The predicted octanol–water partition coefficient (Wildman–Crippen LogP) is 3.44. The number of halogens is 1.